The lowest BCUT2D eigenvalue weighted by Gasteiger charge is -2.10. The molecule has 23 heavy (non-hydrogen) atoms. The number of hydrogen-bond donors (Lipinski definition) is 2. The van der Waals surface area contributed by atoms with Crippen molar-refractivity contribution < 1.29 is 9.90 Å². The number of aromatic nitrogens is 2. The van der Waals surface area contributed by atoms with Gasteiger partial charge in [0.25, 0.3) is 5.91 Å². The van der Waals surface area contributed by atoms with E-state index >= 15 is 0 Å². The van der Waals surface area contributed by atoms with Crippen LogP contribution in [0.15, 0.2) is 59.6 Å². The van der Waals surface area contributed by atoms with Gasteiger partial charge in [0.2, 0.25) is 0 Å². The Labute approximate surface area is 137 Å². The number of hydrogen-bond acceptors (Lipinski definition) is 5. The summed E-state index contributed by atoms with van der Waals surface area (Å²) in [5.41, 5.74) is 2.06. The fourth-order valence-corrected chi connectivity index (χ4v) is 2.76. The lowest BCUT2D eigenvalue weighted by atomic mass is 10.2. The molecule has 1 aromatic carbocycles. The fourth-order valence-electron chi connectivity index (χ4n) is 2.06. The van der Waals surface area contributed by atoms with E-state index < -0.39 is 6.10 Å². The molecule has 0 fully saturated rings. The van der Waals surface area contributed by atoms with Crippen LogP contribution in [0.2, 0.25) is 0 Å². The molecular weight excluding hydrogens is 310 g/mol. The summed E-state index contributed by atoms with van der Waals surface area (Å²) in [5.74, 6) is 0.263. The van der Waals surface area contributed by atoms with Crippen LogP contribution in [0.4, 0.5) is 0 Å². The zero-order valence-electron chi connectivity index (χ0n) is 12.2. The highest BCUT2D eigenvalue weighted by atomic mass is 32.1. The average molecular weight is 325 g/mol. The number of benzene rings is 1. The first-order valence-corrected chi connectivity index (χ1v) is 8.04. The standard InChI is InChI=1S/C17H15N3O2S/c21-15(13-6-7-23-11-13)10-20-17(22)14-8-18-16(19-9-14)12-4-2-1-3-5-12/h1-9,11,15,21H,10H2,(H,20,22). The molecule has 2 aromatic heterocycles. The van der Waals surface area contributed by atoms with Gasteiger partial charge in [0.15, 0.2) is 5.82 Å². The topological polar surface area (TPSA) is 75.1 Å². The molecule has 2 heterocycles. The van der Waals surface area contributed by atoms with Crippen molar-refractivity contribution in [3.8, 4) is 11.4 Å². The SMILES string of the molecule is O=C(NCC(O)c1ccsc1)c1cnc(-c2ccccc2)nc1. The molecule has 0 aliphatic heterocycles. The minimum absolute atomic E-state index is 0.149. The second kappa shape index (κ2) is 7.13. The number of aliphatic hydroxyl groups excluding tert-OH is 1. The van der Waals surface area contributed by atoms with Crippen molar-refractivity contribution in [1.29, 1.82) is 0 Å². The van der Waals surface area contributed by atoms with Gasteiger partial charge in [0, 0.05) is 24.5 Å². The van der Waals surface area contributed by atoms with Gasteiger partial charge < -0.3 is 10.4 Å². The number of carbonyl (C=O) groups is 1. The minimum atomic E-state index is -0.713. The third-order valence-electron chi connectivity index (χ3n) is 3.33. The van der Waals surface area contributed by atoms with E-state index in [1.165, 1.54) is 23.7 Å². The van der Waals surface area contributed by atoms with Crippen LogP contribution in [0.25, 0.3) is 11.4 Å². The molecule has 0 aliphatic carbocycles. The predicted molar refractivity (Wildman–Crippen MR) is 89.1 cm³/mol. The van der Waals surface area contributed by atoms with Crippen LogP contribution in [0.1, 0.15) is 22.0 Å². The summed E-state index contributed by atoms with van der Waals surface area (Å²) in [4.78, 5) is 20.5. The highest BCUT2D eigenvalue weighted by molar-refractivity contribution is 7.07. The van der Waals surface area contributed by atoms with Crippen molar-refractivity contribution in [3.05, 3.63) is 70.7 Å². The lowest BCUT2D eigenvalue weighted by molar-refractivity contribution is 0.0916. The monoisotopic (exact) mass is 325 g/mol. The third-order valence-corrected chi connectivity index (χ3v) is 4.03. The molecule has 0 aliphatic rings. The van der Waals surface area contributed by atoms with Crippen molar-refractivity contribution in [2.75, 3.05) is 6.54 Å². The molecule has 0 saturated carbocycles. The molecule has 0 radical (unpaired) electrons. The van der Waals surface area contributed by atoms with Crippen LogP contribution in [0, 0.1) is 0 Å². The number of thiophene rings is 1. The number of aliphatic hydroxyl groups is 1. The molecular formula is C17H15N3O2S. The Kier molecular flexibility index (Phi) is 4.75. The predicted octanol–water partition coefficient (Wildman–Crippen LogP) is 2.67. The van der Waals surface area contributed by atoms with Crippen molar-refractivity contribution in [2.24, 2.45) is 0 Å². The molecule has 1 amide bonds. The quantitative estimate of drug-likeness (QED) is 0.756. The van der Waals surface area contributed by atoms with Crippen molar-refractivity contribution in [3.63, 3.8) is 0 Å². The van der Waals surface area contributed by atoms with Gasteiger partial charge in [0.05, 0.1) is 11.7 Å². The molecule has 0 saturated heterocycles. The fraction of sp³-hybridized carbons (Fsp3) is 0.118. The number of carbonyl (C=O) groups excluding carboxylic acids is 1. The number of nitrogens with zero attached hydrogens (tertiary/aromatic N) is 2. The van der Waals surface area contributed by atoms with Gasteiger partial charge in [-0.25, -0.2) is 9.97 Å². The van der Waals surface area contributed by atoms with Crippen LogP contribution in [0.5, 0.6) is 0 Å². The summed E-state index contributed by atoms with van der Waals surface area (Å²) >= 11 is 1.51. The summed E-state index contributed by atoms with van der Waals surface area (Å²) in [5, 5.41) is 16.4. The molecule has 116 valence electrons. The van der Waals surface area contributed by atoms with E-state index in [-0.39, 0.29) is 12.5 Å². The summed E-state index contributed by atoms with van der Waals surface area (Å²) in [6.07, 6.45) is 2.26. The molecule has 3 aromatic rings. The Bertz CT molecular complexity index is 758. The van der Waals surface area contributed by atoms with Gasteiger partial charge in [-0.15, -0.1) is 0 Å². The van der Waals surface area contributed by atoms with Gasteiger partial charge in [-0.1, -0.05) is 30.3 Å². The molecule has 5 nitrogen and oxygen atoms in total. The maximum absolute atomic E-state index is 12.1. The second-order valence-electron chi connectivity index (χ2n) is 4.94. The van der Waals surface area contributed by atoms with Crippen LogP contribution >= 0.6 is 11.3 Å². The smallest absolute Gasteiger partial charge is 0.254 e. The van der Waals surface area contributed by atoms with E-state index in [1.54, 1.807) is 0 Å². The van der Waals surface area contributed by atoms with E-state index in [4.69, 9.17) is 0 Å². The van der Waals surface area contributed by atoms with Crippen LogP contribution in [-0.2, 0) is 0 Å². The largest absolute Gasteiger partial charge is 0.387 e. The van der Waals surface area contributed by atoms with Gasteiger partial charge in [-0.2, -0.15) is 11.3 Å². The Morgan fingerprint density at radius 1 is 1.17 bits per heavy atom. The van der Waals surface area contributed by atoms with Crippen molar-refractivity contribution >= 4 is 17.2 Å². The second-order valence-corrected chi connectivity index (χ2v) is 5.72. The Balaban J connectivity index is 1.62. The Hall–Kier alpha value is -2.57. The number of amides is 1. The number of nitrogens with one attached hydrogen (secondary N) is 1. The first-order valence-electron chi connectivity index (χ1n) is 7.10. The van der Waals surface area contributed by atoms with Gasteiger partial charge in [0.1, 0.15) is 0 Å². The number of rotatable bonds is 5. The molecule has 1 unspecified atom stereocenters. The van der Waals surface area contributed by atoms with E-state index in [0.717, 1.165) is 11.1 Å². The van der Waals surface area contributed by atoms with Gasteiger partial charge in [-0.3, -0.25) is 4.79 Å². The van der Waals surface area contributed by atoms with E-state index in [2.05, 4.69) is 15.3 Å². The maximum Gasteiger partial charge on any atom is 0.254 e. The molecule has 0 spiro atoms. The Morgan fingerprint density at radius 2 is 1.91 bits per heavy atom. The third kappa shape index (κ3) is 3.80. The molecule has 3 rings (SSSR count). The maximum atomic E-state index is 12.1. The first-order chi connectivity index (χ1) is 11.2. The van der Waals surface area contributed by atoms with Gasteiger partial charge >= 0.3 is 0 Å². The summed E-state index contributed by atoms with van der Waals surface area (Å²) in [6.45, 7) is 0.149. The zero-order chi connectivity index (χ0) is 16.1. The highest BCUT2D eigenvalue weighted by Crippen LogP contribution is 2.16. The van der Waals surface area contributed by atoms with Crippen LogP contribution < -0.4 is 5.32 Å². The summed E-state index contributed by atoms with van der Waals surface area (Å²) < 4.78 is 0. The minimum Gasteiger partial charge on any atom is -0.387 e. The van der Waals surface area contributed by atoms with Crippen LogP contribution in [-0.4, -0.2) is 27.5 Å². The molecule has 0 bridgehead atoms. The molecule has 2 N–H and O–H groups in total. The average Bonchev–Trinajstić information content (AvgIpc) is 3.15. The lowest BCUT2D eigenvalue weighted by Crippen LogP contribution is -2.28. The summed E-state index contributed by atoms with van der Waals surface area (Å²) in [7, 11) is 0. The molecule has 1 atom stereocenters. The zero-order valence-corrected chi connectivity index (χ0v) is 13.0. The van der Waals surface area contributed by atoms with Crippen molar-refractivity contribution in [2.45, 2.75) is 6.10 Å². The normalized spacial score (nSPS) is 11.9. The van der Waals surface area contributed by atoms with E-state index in [1.807, 2.05) is 47.2 Å². The van der Waals surface area contributed by atoms with Crippen LogP contribution in [0.3, 0.4) is 0 Å². The van der Waals surface area contributed by atoms with E-state index in [9.17, 15) is 9.90 Å². The van der Waals surface area contributed by atoms with Crippen molar-refractivity contribution in [1.82, 2.24) is 15.3 Å². The Morgan fingerprint density at radius 3 is 2.57 bits per heavy atom. The first kappa shape index (κ1) is 15.3. The highest BCUT2D eigenvalue weighted by Gasteiger charge is 2.12. The van der Waals surface area contributed by atoms with Gasteiger partial charge in [-0.05, 0) is 22.4 Å². The summed E-state index contributed by atoms with van der Waals surface area (Å²) in [6, 6.07) is 11.4. The van der Waals surface area contributed by atoms with E-state index in [0.29, 0.717) is 11.4 Å². The molecule has 6 heteroatoms.